The predicted octanol–water partition coefficient (Wildman–Crippen LogP) is 3.41. The predicted molar refractivity (Wildman–Crippen MR) is 63.9 cm³/mol. The number of thiazole rings is 1. The summed E-state index contributed by atoms with van der Waals surface area (Å²) in [5.74, 6) is -0.567. The summed E-state index contributed by atoms with van der Waals surface area (Å²) in [5.41, 5.74) is 0.898. The van der Waals surface area contributed by atoms with Crippen LogP contribution in [0.2, 0.25) is 0 Å². The molecule has 0 bridgehead atoms. The van der Waals surface area contributed by atoms with Crippen LogP contribution in [0.5, 0.6) is 0 Å². The minimum atomic E-state index is -2.61. The number of alkyl halides is 3. The monoisotopic (exact) mass is 276 g/mol. The van der Waals surface area contributed by atoms with Gasteiger partial charge < -0.3 is 5.32 Å². The number of hydrogen-bond donors (Lipinski definition) is 1. The Labute approximate surface area is 104 Å². The Hall–Kier alpha value is -1.27. The highest BCUT2D eigenvalue weighted by atomic mass is 35.5. The third kappa shape index (κ3) is 2.53. The molecule has 90 valence electrons. The van der Waals surface area contributed by atoms with E-state index >= 15 is 0 Å². The molecule has 0 saturated carbocycles. The SMILES string of the molecule is O=C(CCl)Nc1cccc2nc(C(F)F)sc12. The highest BCUT2D eigenvalue weighted by Crippen LogP contribution is 2.33. The molecular formula is C10H7ClF2N2OS. The van der Waals surface area contributed by atoms with Gasteiger partial charge in [-0.15, -0.1) is 22.9 Å². The molecule has 0 radical (unpaired) electrons. The summed E-state index contributed by atoms with van der Waals surface area (Å²) in [5, 5.41) is 2.28. The Balaban J connectivity index is 2.45. The van der Waals surface area contributed by atoms with Crippen LogP contribution in [-0.4, -0.2) is 16.8 Å². The van der Waals surface area contributed by atoms with Gasteiger partial charge in [-0.05, 0) is 12.1 Å². The number of fused-ring (bicyclic) bond motifs is 1. The molecule has 7 heteroatoms. The van der Waals surface area contributed by atoms with Crippen LogP contribution in [-0.2, 0) is 4.79 Å². The van der Waals surface area contributed by atoms with E-state index in [1.54, 1.807) is 18.2 Å². The van der Waals surface area contributed by atoms with Crippen molar-refractivity contribution in [3.8, 4) is 0 Å². The first kappa shape index (κ1) is 12.2. The molecule has 1 N–H and O–H groups in total. The number of carbonyl (C=O) groups is 1. The van der Waals surface area contributed by atoms with E-state index in [4.69, 9.17) is 11.6 Å². The highest BCUT2D eigenvalue weighted by molar-refractivity contribution is 7.19. The number of halogens is 3. The zero-order valence-corrected chi connectivity index (χ0v) is 9.99. The maximum Gasteiger partial charge on any atom is 0.289 e. The van der Waals surface area contributed by atoms with Gasteiger partial charge in [0.2, 0.25) is 5.91 Å². The Bertz CT molecular complexity index is 558. The van der Waals surface area contributed by atoms with Gasteiger partial charge in [0, 0.05) is 0 Å². The van der Waals surface area contributed by atoms with E-state index in [0.29, 0.717) is 15.9 Å². The molecule has 0 atom stereocenters. The molecule has 17 heavy (non-hydrogen) atoms. The van der Waals surface area contributed by atoms with Crippen molar-refractivity contribution in [2.45, 2.75) is 6.43 Å². The van der Waals surface area contributed by atoms with E-state index in [2.05, 4.69) is 10.3 Å². The fourth-order valence-electron chi connectivity index (χ4n) is 1.34. The summed E-state index contributed by atoms with van der Waals surface area (Å²) in [6.07, 6.45) is -2.61. The van der Waals surface area contributed by atoms with E-state index < -0.39 is 6.43 Å². The number of rotatable bonds is 3. The van der Waals surface area contributed by atoms with Crippen LogP contribution in [0, 0.1) is 0 Å². The second kappa shape index (κ2) is 4.93. The molecule has 1 amide bonds. The Kier molecular flexibility index (Phi) is 3.54. The lowest BCUT2D eigenvalue weighted by atomic mass is 10.3. The fourth-order valence-corrected chi connectivity index (χ4v) is 2.30. The van der Waals surface area contributed by atoms with Gasteiger partial charge in [-0.1, -0.05) is 6.07 Å². The molecule has 0 unspecified atom stereocenters. The number of nitrogens with zero attached hydrogens (tertiary/aromatic N) is 1. The van der Waals surface area contributed by atoms with Crippen molar-refractivity contribution < 1.29 is 13.6 Å². The van der Waals surface area contributed by atoms with Crippen molar-refractivity contribution in [3.05, 3.63) is 23.2 Å². The lowest BCUT2D eigenvalue weighted by Gasteiger charge is -2.02. The van der Waals surface area contributed by atoms with Crippen LogP contribution in [0.25, 0.3) is 10.2 Å². The Morgan fingerprint density at radius 1 is 1.53 bits per heavy atom. The summed E-state index contributed by atoms with van der Waals surface area (Å²) in [7, 11) is 0. The first-order chi connectivity index (χ1) is 8.11. The van der Waals surface area contributed by atoms with Crippen molar-refractivity contribution in [3.63, 3.8) is 0 Å². The molecule has 1 aromatic carbocycles. The maximum atomic E-state index is 12.5. The van der Waals surface area contributed by atoms with Crippen LogP contribution < -0.4 is 5.32 Å². The minimum Gasteiger partial charge on any atom is -0.324 e. The lowest BCUT2D eigenvalue weighted by Crippen LogP contribution is -2.12. The van der Waals surface area contributed by atoms with Crippen LogP contribution in [0.1, 0.15) is 11.4 Å². The summed E-state index contributed by atoms with van der Waals surface area (Å²) >= 11 is 6.23. The normalized spacial score (nSPS) is 11.1. The third-order valence-corrected chi connectivity index (χ3v) is 3.37. The Morgan fingerprint density at radius 2 is 2.29 bits per heavy atom. The minimum absolute atomic E-state index is 0.184. The third-order valence-electron chi connectivity index (χ3n) is 2.01. The summed E-state index contributed by atoms with van der Waals surface area (Å²) in [6, 6.07) is 4.88. The summed E-state index contributed by atoms with van der Waals surface area (Å²) in [4.78, 5) is 14.9. The van der Waals surface area contributed by atoms with Gasteiger partial charge in [-0.25, -0.2) is 13.8 Å². The van der Waals surface area contributed by atoms with E-state index in [0.717, 1.165) is 11.3 Å². The van der Waals surface area contributed by atoms with E-state index in [1.807, 2.05) is 0 Å². The zero-order valence-electron chi connectivity index (χ0n) is 8.41. The smallest absolute Gasteiger partial charge is 0.289 e. The van der Waals surface area contributed by atoms with Gasteiger partial charge in [-0.3, -0.25) is 4.79 Å². The van der Waals surface area contributed by atoms with Crippen molar-refractivity contribution in [1.82, 2.24) is 4.98 Å². The van der Waals surface area contributed by atoms with Crippen LogP contribution in [0.15, 0.2) is 18.2 Å². The molecule has 0 saturated heterocycles. The number of hydrogen-bond acceptors (Lipinski definition) is 3. The second-order valence-corrected chi connectivity index (χ2v) is 4.49. The zero-order chi connectivity index (χ0) is 12.4. The molecular weight excluding hydrogens is 270 g/mol. The average molecular weight is 277 g/mol. The van der Waals surface area contributed by atoms with Crippen LogP contribution in [0.3, 0.4) is 0 Å². The first-order valence-corrected chi connectivity index (χ1v) is 6.00. The van der Waals surface area contributed by atoms with Crippen molar-refractivity contribution >= 4 is 44.7 Å². The standard InChI is InChI=1S/C10H7ClF2N2OS/c11-4-7(16)14-5-2-1-3-6-8(5)17-10(15-6)9(12)13/h1-3,9H,4H2,(H,14,16). The lowest BCUT2D eigenvalue weighted by molar-refractivity contribution is -0.113. The van der Waals surface area contributed by atoms with Gasteiger partial charge in [0.1, 0.15) is 5.88 Å². The van der Waals surface area contributed by atoms with Gasteiger partial charge in [0.05, 0.1) is 15.9 Å². The molecule has 1 heterocycles. The van der Waals surface area contributed by atoms with E-state index in [1.165, 1.54) is 0 Å². The number of amides is 1. The van der Waals surface area contributed by atoms with E-state index in [-0.39, 0.29) is 16.8 Å². The number of nitrogens with one attached hydrogen (secondary N) is 1. The molecule has 0 aliphatic heterocycles. The number of aromatic nitrogens is 1. The number of anilines is 1. The van der Waals surface area contributed by atoms with Gasteiger partial charge in [-0.2, -0.15) is 0 Å². The molecule has 2 rings (SSSR count). The maximum absolute atomic E-state index is 12.5. The van der Waals surface area contributed by atoms with E-state index in [9.17, 15) is 13.6 Å². The molecule has 0 fully saturated rings. The molecule has 1 aromatic heterocycles. The second-order valence-electron chi connectivity index (χ2n) is 3.19. The summed E-state index contributed by atoms with van der Waals surface area (Å²) < 4.78 is 25.5. The molecule has 2 aromatic rings. The quantitative estimate of drug-likeness (QED) is 0.873. The molecule has 0 aliphatic rings. The average Bonchev–Trinajstić information content (AvgIpc) is 2.74. The number of carbonyl (C=O) groups excluding carboxylic acids is 1. The largest absolute Gasteiger partial charge is 0.324 e. The van der Waals surface area contributed by atoms with Crippen molar-refractivity contribution in [2.75, 3.05) is 11.2 Å². The highest BCUT2D eigenvalue weighted by Gasteiger charge is 2.15. The van der Waals surface area contributed by atoms with Crippen LogP contribution >= 0.6 is 22.9 Å². The van der Waals surface area contributed by atoms with Crippen molar-refractivity contribution in [2.24, 2.45) is 0 Å². The molecule has 3 nitrogen and oxygen atoms in total. The number of benzene rings is 1. The first-order valence-electron chi connectivity index (χ1n) is 4.65. The van der Waals surface area contributed by atoms with Gasteiger partial charge in [0.15, 0.2) is 5.01 Å². The van der Waals surface area contributed by atoms with Crippen molar-refractivity contribution in [1.29, 1.82) is 0 Å². The molecule has 0 spiro atoms. The Morgan fingerprint density at radius 3 is 2.94 bits per heavy atom. The fraction of sp³-hybridized carbons (Fsp3) is 0.200. The van der Waals surface area contributed by atoms with Crippen LogP contribution in [0.4, 0.5) is 14.5 Å². The van der Waals surface area contributed by atoms with Gasteiger partial charge in [0.25, 0.3) is 6.43 Å². The molecule has 0 aliphatic carbocycles. The topological polar surface area (TPSA) is 42.0 Å². The van der Waals surface area contributed by atoms with Gasteiger partial charge >= 0.3 is 0 Å². The summed E-state index contributed by atoms with van der Waals surface area (Å²) in [6.45, 7) is 0.